The van der Waals surface area contributed by atoms with Crippen molar-refractivity contribution in [2.45, 2.75) is 75.7 Å². The Morgan fingerprint density at radius 3 is 2.73 bits per heavy atom. The van der Waals surface area contributed by atoms with Gasteiger partial charge < -0.3 is 25.4 Å². The van der Waals surface area contributed by atoms with Gasteiger partial charge in [-0.3, -0.25) is 9.36 Å². The molecule has 0 amide bonds. The highest BCUT2D eigenvalue weighted by atomic mass is 19.2. The normalized spacial score (nSPS) is 28.0. The van der Waals surface area contributed by atoms with Gasteiger partial charge in [-0.2, -0.15) is 0 Å². The lowest BCUT2D eigenvalue weighted by Gasteiger charge is -2.31. The Labute approximate surface area is 191 Å². The van der Waals surface area contributed by atoms with Gasteiger partial charge in [-0.15, -0.1) is 6.42 Å². The maximum absolute atomic E-state index is 16.3. The zero-order chi connectivity index (χ0) is 24.2. The second-order valence-corrected chi connectivity index (χ2v) is 8.26. The minimum atomic E-state index is -3.02. The minimum Gasteiger partial charge on any atom is -0.469 e. The predicted molar refractivity (Wildman–Crippen MR) is 117 cm³/mol. The molecule has 11 heteroatoms. The molecule has 1 saturated heterocycles. The SMILES string of the molecule is C#C[C@]1(O)[C@H](n2cnc3c(N)ncnc32)O[C@](F)(C(CCCCCCCC)C(=O)OC)[C@H]1O. The Morgan fingerprint density at radius 2 is 2.06 bits per heavy atom. The Hall–Kier alpha value is -2.81. The minimum absolute atomic E-state index is 0.0412. The van der Waals surface area contributed by atoms with E-state index in [0.29, 0.717) is 6.42 Å². The lowest BCUT2D eigenvalue weighted by molar-refractivity contribution is -0.226. The van der Waals surface area contributed by atoms with Crippen molar-refractivity contribution in [3.8, 4) is 12.3 Å². The molecule has 1 fully saturated rings. The number of ether oxygens (including phenoxy) is 2. The Bertz CT molecular complexity index is 1030. The molecule has 180 valence electrons. The van der Waals surface area contributed by atoms with Crippen LogP contribution in [-0.4, -0.2) is 60.4 Å². The number of esters is 1. The number of anilines is 1. The van der Waals surface area contributed by atoms with Crippen molar-refractivity contribution in [3.05, 3.63) is 12.7 Å². The highest BCUT2D eigenvalue weighted by molar-refractivity contribution is 5.81. The number of nitrogen functional groups attached to an aromatic ring is 1. The van der Waals surface area contributed by atoms with Gasteiger partial charge in [0, 0.05) is 0 Å². The molecule has 1 aliphatic rings. The molecule has 33 heavy (non-hydrogen) atoms. The molecule has 1 unspecified atom stereocenters. The number of hydrogen-bond acceptors (Lipinski definition) is 9. The summed E-state index contributed by atoms with van der Waals surface area (Å²) in [5, 5.41) is 22.0. The summed E-state index contributed by atoms with van der Waals surface area (Å²) in [6.45, 7) is 2.10. The largest absolute Gasteiger partial charge is 0.469 e. The summed E-state index contributed by atoms with van der Waals surface area (Å²) >= 11 is 0. The molecule has 1 aliphatic heterocycles. The van der Waals surface area contributed by atoms with E-state index in [-0.39, 0.29) is 23.4 Å². The smallest absolute Gasteiger partial charge is 0.314 e. The van der Waals surface area contributed by atoms with Crippen LogP contribution < -0.4 is 5.73 Å². The molecule has 0 radical (unpaired) electrons. The molecular formula is C22H30FN5O5. The first-order valence-electron chi connectivity index (χ1n) is 11.0. The molecule has 10 nitrogen and oxygen atoms in total. The molecule has 4 N–H and O–H groups in total. The fourth-order valence-corrected chi connectivity index (χ4v) is 4.24. The number of carbonyl (C=O) groups excluding carboxylic acids is 1. The first-order chi connectivity index (χ1) is 15.7. The van der Waals surface area contributed by atoms with Gasteiger partial charge in [0.05, 0.1) is 13.4 Å². The first kappa shape index (κ1) is 24.8. The summed E-state index contributed by atoms with van der Waals surface area (Å²) in [6, 6.07) is 0. The van der Waals surface area contributed by atoms with E-state index in [0.717, 1.165) is 50.1 Å². The number of nitrogens with zero attached hydrogens (tertiary/aromatic N) is 4. The van der Waals surface area contributed by atoms with Gasteiger partial charge in [0.15, 0.2) is 23.8 Å². The molecule has 0 saturated carbocycles. The molecule has 5 atom stereocenters. The second-order valence-electron chi connectivity index (χ2n) is 8.26. The Morgan fingerprint density at radius 1 is 1.36 bits per heavy atom. The van der Waals surface area contributed by atoms with Gasteiger partial charge in [-0.25, -0.2) is 19.3 Å². The summed E-state index contributed by atoms with van der Waals surface area (Å²) in [5.41, 5.74) is 3.56. The van der Waals surface area contributed by atoms with E-state index in [4.69, 9.17) is 21.6 Å². The number of carbonyl (C=O) groups is 1. The van der Waals surface area contributed by atoms with Crippen molar-refractivity contribution in [3.63, 3.8) is 0 Å². The Balaban J connectivity index is 1.92. The van der Waals surface area contributed by atoms with E-state index < -0.39 is 35.7 Å². The van der Waals surface area contributed by atoms with Crippen molar-refractivity contribution in [2.75, 3.05) is 12.8 Å². The topological polar surface area (TPSA) is 146 Å². The van der Waals surface area contributed by atoms with E-state index >= 15 is 4.39 Å². The van der Waals surface area contributed by atoms with Crippen LogP contribution in [0.5, 0.6) is 0 Å². The third-order valence-electron chi connectivity index (χ3n) is 6.14. The van der Waals surface area contributed by atoms with Crippen LogP contribution in [0.2, 0.25) is 0 Å². The van der Waals surface area contributed by atoms with Crippen LogP contribution >= 0.6 is 0 Å². The maximum atomic E-state index is 16.3. The lowest BCUT2D eigenvalue weighted by Crippen LogP contribution is -2.53. The average Bonchev–Trinajstić information content (AvgIpc) is 3.33. The molecule has 2 aromatic rings. The van der Waals surface area contributed by atoms with E-state index in [1.54, 1.807) is 0 Å². The zero-order valence-electron chi connectivity index (χ0n) is 18.8. The Kier molecular flexibility index (Phi) is 7.51. The highest BCUT2D eigenvalue weighted by Crippen LogP contribution is 2.50. The summed E-state index contributed by atoms with van der Waals surface area (Å²) < 4.78 is 27.8. The summed E-state index contributed by atoms with van der Waals surface area (Å²) in [4.78, 5) is 24.5. The first-order valence-corrected chi connectivity index (χ1v) is 11.0. The molecule has 0 aliphatic carbocycles. The van der Waals surface area contributed by atoms with E-state index in [1.165, 1.54) is 6.33 Å². The molecule has 3 rings (SSSR count). The quantitative estimate of drug-likeness (QED) is 0.273. The van der Waals surface area contributed by atoms with E-state index in [9.17, 15) is 15.0 Å². The van der Waals surface area contributed by atoms with Crippen LogP contribution in [0.25, 0.3) is 11.2 Å². The number of aliphatic hydroxyl groups excluding tert-OH is 1. The number of alkyl halides is 1. The fourth-order valence-electron chi connectivity index (χ4n) is 4.24. The van der Waals surface area contributed by atoms with Crippen molar-refractivity contribution in [1.82, 2.24) is 19.5 Å². The van der Waals surface area contributed by atoms with E-state index in [2.05, 4.69) is 21.9 Å². The molecular weight excluding hydrogens is 433 g/mol. The number of terminal acetylenes is 1. The van der Waals surface area contributed by atoms with Crippen molar-refractivity contribution in [2.24, 2.45) is 5.92 Å². The van der Waals surface area contributed by atoms with Gasteiger partial charge in [-0.05, 0) is 6.42 Å². The third-order valence-corrected chi connectivity index (χ3v) is 6.14. The van der Waals surface area contributed by atoms with Crippen LogP contribution in [0.15, 0.2) is 12.7 Å². The van der Waals surface area contributed by atoms with Crippen molar-refractivity contribution in [1.29, 1.82) is 0 Å². The lowest BCUT2D eigenvalue weighted by atomic mass is 9.84. The second kappa shape index (κ2) is 9.99. The fraction of sp³-hybridized carbons (Fsp3) is 0.636. The van der Waals surface area contributed by atoms with Crippen molar-refractivity contribution < 1.29 is 28.9 Å². The number of nitrogens with two attached hydrogens (primary N) is 1. The number of rotatable bonds is 10. The van der Waals surface area contributed by atoms with Crippen LogP contribution in [0.1, 0.15) is 58.1 Å². The van der Waals surface area contributed by atoms with Crippen LogP contribution in [-0.2, 0) is 14.3 Å². The number of fused-ring (bicyclic) bond motifs is 1. The number of unbranched alkanes of at least 4 members (excludes halogenated alkanes) is 5. The maximum Gasteiger partial charge on any atom is 0.314 e. The van der Waals surface area contributed by atoms with E-state index in [1.807, 2.05) is 5.92 Å². The van der Waals surface area contributed by atoms with Crippen LogP contribution in [0.3, 0.4) is 0 Å². The third kappa shape index (κ3) is 4.38. The van der Waals surface area contributed by atoms with Gasteiger partial charge in [0.2, 0.25) is 5.60 Å². The number of methoxy groups -OCH3 is 1. The number of halogens is 1. The van der Waals surface area contributed by atoms with Gasteiger partial charge in [0.1, 0.15) is 17.8 Å². The van der Waals surface area contributed by atoms with Gasteiger partial charge >= 0.3 is 5.97 Å². The summed E-state index contributed by atoms with van der Waals surface area (Å²) in [7, 11) is 1.12. The van der Waals surface area contributed by atoms with Crippen LogP contribution in [0.4, 0.5) is 10.2 Å². The van der Waals surface area contributed by atoms with Crippen molar-refractivity contribution >= 4 is 23.0 Å². The molecule has 0 aromatic carbocycles. The highest BCUT2D eigenvalue weighted by Gasteiger charge is 2.69. The number of imidazole rings is 1. The standard InChI is InChI=1S/C22H30FN5O5/c1-4-6-7-8-9-10-11-14(18(29)32-3)22(23)19(30)21(31,5-2)20(33-22)28-13-27-15-16(24)25-12-26-17(15)28/h2,12-14,19-20,30-31H,4,6-11H2,1,3H3,(H2,24,25,26)/t14?,19-,20+,21+,22+/m0/s1. The van der Waals surface area contributed by atoms with Gasteiger partial charge in [-0.1, -0.05) is 51.4 Å². The number of hydrogen-bond donors (Lipinski definition) is 3. The monoisotopic (exact) mass is 463 g/mol. The summed E-state index contributed by atoms with van der Waals surface area (Å²) in [6.07, 6.45) is 9.45. The molecule has 0 spiro atoms. The van der Waals surface area contributed by atoms with Gasteiger partial charge in [0.25, 0.3) is 5.85 Å². The van der Waals surface area contributed by atoms with Crippen LogP contribution in [0, 0.1) is 18.3 Å². The number of aromatic nitrogens is 4. The number of aliphatic hydroxyl groups is 2. The molecule has 3 heterocycles. The average molecular weight is 464 g/mol. The summed E-state index contributed by atoms with van der Waals surface area (Å²) in [5.74, 6) is -3.35. The molecule has 2 aromatic heterocycles. The zero-order valence-corrected chi connectivity index (χ0v) is 18.8. The predicted octanol–water partition coefficient (Wildman–Crippen LogP) is 1.87. The molecule has 0 bridgehead atoms.